The molecule has 0 bridgehead atoms. The first-order valence-corrected chi connectivity index (χ1v) is 4.91. The van der Waals surface area contributed by atoms with E-state index in [1.54, 1.807) is 6.07 Å². The number of carbonyl (C=O) groups excluding carboxylic acids is 1. The van der Waals surface area contributed by atoms with Crippen molar-refractivity contribution in [2.24, 2.45) is 16.5 Å². The molecule has 0 aliphatic carbocycles. The summed E-state index contributed by atoms with van der Waals surface area (Å²) in [6.45, 7) is 0. The third-order valence-corrected chi connectivity index (χ3v) is 2.03. The summed E-state index contributed by atoms with van der Waals surface area (Å²) in [5, 5.41) is 0. The minimum Gasteiger partial charge on any atom is -0.444 e. The van der Waals surface area contributed by atoms with Crippen LogP contribution in [0.3, 0.4) is 0 Å². The van der Waals surface area contributed by atoms with Crippen LogP contribution in [-0.2, 0) is 0 Å². The molecular weight excluding hydrogens is 239 g/mol. The number of nitrogens with zero attached hydrogens (tertiary/aromatic N) is 2. The summed E-state index contributed by atoms with van der Waals surface area (Å²) in [6, 6.07) is 5.63. The smallest absolute Gasteiger partial charge is 0.302 e. The zero-order chi connectivity index (χ0) is 13.1. The van der Waals surface area contributed by atoms with Gasteiger partial charge < -0.3 is 15.9 Å². The third-order valence-electron chi connectivity index (χ3n) is 2.03. The van der Waals surface area contributed by atoms with E-state index in [0.29, 0.717) is 5.56 Å². The van der Waals surface area contributed by atoms with Crippen LogP contribution in [0.25, 0.3) is 11.5 Å². The van der Waals surface area contributed by atoms with Crippen molar-refractivity contribution in [3.8, 4) is 11.5 Å². The molecule has 0 spiro atoms. The van der Waals surface area contributed by atoms with Crippen LogP contribution in [-0.4, -0.2) is 16.9 Å². The summed E-state index contributed by atoms with van der Waals surface area (Å²) >= 11 is 0. The number of hydrogen-bond acceptors (Lipinski definition) is 3. The maximum Gasteiger partial charge on any atom is 0.302 e. The number of benzene rings is 1. The summed E-state index contributed by atoms with van der Waals surface area (Å²) < 4.78 is 18.1. The summed E-state index contributed by atoms with van der Waals surface area (Å²) in [5.74, 6) is -1.40. The van der Waals surface area contributed by atoms with Gasteiger partial charge >= 0.3 is 5.91 Å². The van der Waals surface area contributed by atoms with Crippen LogP contribution < -0.4 is 11.5 Å². The van der Waals surface area contributed by atoms with Crippen LogP contribution in [0.5, 0.6) is 0 Å². The van der Waals surface area contributed by atoms with Crippen molar-refractivity contribution in [3.63, 3.8) is 0 Å². The lowest BCUT2D eigenvalue weighted by molar-refractivity contribution is 0.0998. The van der Waals surface area contributed by atoms with Gasteiger partial charge in [-0.2, -0.15) is 4.99 Å². The molecular formula is C11H9FN4O2. The van der Waals surface area contributed by atoms with Crippen molar-refractivity contribution in [3.05, 3.63) is 42.0 Å². The standard InChI is InChI=1S/C11H9FN4O2/c12-7-3-1-2-6(4-7)10-15-8(5-18-10)9(17)16-11(13)14/h1-5H,(H4,13,14,16,17). The molecule has 1 aromatic carbocycles. The molecule has 0 aliphatic rings. The van der Waals surface area contributed by atoms with Gasteiger partial charge in [0, 0.05) is 5.56 Å². The maximum absolute atomic E-state index is 13.0. The monoisotopic (exact) mass is 248 g/mol. The molecule has 2 rings (SSSR count). The van der Waals surface area contributed by atoms with E-state index in [1.165, 1.54) is 18.2 Å². The van der Waals surface area contributed by atoms with Crippen molar-refractivity contribution in [2.45, 2.75) is 0 Å². The lowest BCUT2D eigenvalue weighted by Crippen LogP contribution is -2.24. The fourth-order valence-corrected chi connectivity index (χ4v) is 1.30. The zero-order valence-electron chi connectivity index (χ0n) is 9.13. The molecule has 4 N–H and O–H groups in total. The first-order valence-electron chi connectivity index (χ1n) is 4.91. The Bertz CT molecular complexity index is 617. The number of halogens is 1. The van der Waals surface area contributed by atoms with Crippen LogP contribution in [0.1, 0.15) is 10.5 Å². The molecule has 6 nitrogen and oxygen atoms in total. The second kappa shape index (κ2) is 4.66. The average molecular weight is 248 g/mol. The van der Waals surface area contributed by atoms with Gasteiger partial charge in [0.15, 0.2) is 11.7 Å². The SMILES string of the molecule is NC(N)=NC(=O)c1coc(-c2cccc(F)c2)n1. The number of aromatic nitrogens is 1. The van der Waals surface area contributed by atoms with E-state index in [9.17, 15) is 9.18 Å². The Labute approximate surface area is 101 Å². The molecule has 18 heavy (non-hydrogen) atoms. The Balaban J connectivity index is 2.31. The van der Waals surface area contributed by atoms with Gasteiger partial charge in [-0.25, -0.2) is 9.37 Å². The zero-order valence-corrected chi connectivity index (χ0v) is 9.13. The molecule has 92 valence electrons. The largest absolute Gasteiger partial charge is 0.444 e. The molecule has 7 heteroatoms. The van der Waals surface area contributed by atoms with E-state index in [-0.39, 0.29) is 17.5 Å². The van der Waals surface area contributed by atoms with E-state index in [1.807, 2.05) is 0 Å². The quantitative estimate of drug-likeness (QED) is 0.606. The molecule has 0 saturated heterocycles. The van der Waals surface area contributed by atoms with Crippen LogP contribution in [0.2, 0.25) is 0 Å². The van der Waals surface area contributed by atoms with Gasteiger partial charge in [-0.3, -0.25) is 4.79 Å². The lowest BCUT2D eigenvalue weighted by Gasteiger charge is -1.94. The van der Waals surface area contributed by atoms with Gasteiger partial charge in [-0.05, 0) is 18.2 Å². The van der Waals surface area contributed by atoms with Gasteiger partial charge in [-0.15, -0.1) is 0 Å². The number of hydrogen-bond donors (Lipinski definition) is 2. The number of amides is 1. The normalized spacial score (nSPS) is 10.1. The van der Waals surface area contributed by atoms with E-state index in [4.69, 9.17) is 15.9 Å². The van der Waals surface area contributed by atoms with Gasteiger partial charge in [0.05, 0.1) is 0 Å². The van der Waals surface area contributed by atoms with Crippen molar-refractivity contribution < 1.29 is 13.6 Å². The highest BCUT2D eigenvalue weighted by Gasteiger charge is 2.13. The van der Waals surface area contributed by atoms with Gasteiger partial charge in [-0.1, -0.05) is 6.07 Å². The first-order chi connectivity index (χ1) is 8.56. The number of rotatable bonds is 2. The molecule has 0 fully saturated rings. The second-order valence-electron chi connectivity index (χ2n) is 3.39. The highest BCUT2D eigenvalue weighted by molar-refractivity contribution is 6.00. The van der Waals surface area contributed by atoms with Crippen molar-refractivity contribution in [1.29, 1.82) is 0 Å². The average Bonchev–Trinajstić information content (AvgIpc) is 2.77. The van der Waals surface area contributed by atoms with Gasteiger partial charge in [0.1, 0.15) is 12.1 Å². The Morgan fingerprint density at radius 2 is 2.17 bits per heavy atom. The van der Waals surface area contributed by atoms with Gasteiger partial charge in [0.2, 0.25) is 5.89 Å². The van der Waals surface area contributed by atoms with Crippen LogP contribution in [0.4, 0.5) is 4.39 Å². The number of aliphatic imine (C=N–C) groups is 1. The molecule has 2 aromatic rings. The maximum atomic E-state index is 13.0. The Kier molecular flexibility index (Phi) is 3.05. The van der Waals surface area contributed by atoms with E-state index in [0.717, 1.165) is 6.26 Å². The first kappa shape index (κ1) is 11.8. The van der Waals surface area contributed by atoms with E-state index >= 15 is 0 Å². The predicted octanol–water partition coefficient (Wildman–Crippen LogP) is 0.894. The van der Waals surface area contributed by atoms with Crippen LogP contribution >= 0.6 is 0 Å². The Morgan fingerprint density at radius 3 is 2.83 bits per heavy atom. The van der Waals surface area contributed by atoms with Crippen molar-refractivity contribution in [2.75, 3.05) is 0 Å². The Morgan fingerprint density at radius 1 is 1.39 bits per heavy atom. The minimum absolute atomic E-state index is 0.0531. The van der Waals surface area contributed by atoms with E-state index < -0.39 is 11.7 Å². The summed E-state index contributed by atoms with van der Waals surface area (Å²) in [5.41, 5.74) is 10.5. The molecule has 0 unspecified atom stereocenters. The number of guanidine groups is 1. The van der Waals surface area contributed by atoms with Crippen molar-refractivity contribution in [1.82, 2.24) is 4.98 Å². The van der Waals surface area contributed by atoms with Crippen LogP contribution in [0, 0.1) is 5.82 Å². The molecule has 0 saturated carbocycles. The molecule has 0 atom stereocenters. The summed E-state index contributed by atoms with van der Waals surface area (Å²) in [4.78, 5) is 18.6. The molecule has 0 aliphatic heterocycles. The molecule has 1 aromatic heterocycles. The molecule has 0 radical (unpaired) electrons. The third kappa shape index (κ3) is 2.51. The summed E-state index contributed by atoms with van der Waals surface area (Å²) in [7, 11) is 0. The molecule has 1 heterocycles. The fraction of sp³-hybridized carbons (Fsp3) is 0. The number of carbonyl (C=O) groups is 1. The number of oxazole rings is 1. The van der Waals surface area contributed by atoms with Crippen LogP contribution in [0.15, 0.2) is 39.9 Å². The highest BCUT2D eigenvalue weighted by Crippen LogP contribution is 2.19. The topological polar surface area (TPSA) is 108 Å². The Hall–Kier alpha value is -2.70. The lowest BCUT2D eigenvalue weighted by atomic mass is 10.2. The molecule has 1 amide bonds. The predicted molar refractivity (Wildman–Crippen MR) is 62.0 cm³/mol. The summed E-state index contributed by atoms with van der Waals surface area (Å²) in [6.07, 6.45) is 1.11. The highest BCUT2D eigenvalue weighted by atomic mass is 19.1. The van der Waals surface area contributed by atoms with Gasteiger partial charge in [0.25, 0.3) is 0 Å². The second-order valence-corrected chi connectivity index (χ2v) is 3.39. The van der Waals surface area contributed by atoms with Crippen molar-refractivity contribution >= 4 is 11.9 Å². The minimum atomic E-state index is -0.721. The van der Waals surface area contributed by atoms with E-state index in [2.05, 4.69) is 9.98 Å². The fourth-order valence-electron chi connectivity index (χ4n) is 1.30. The number of nitrogens with two attached hydrogens (primary N) is 2.